The minimum Gasteiger partial charge on any atom is -0.211 e. The Labute approximate surface area is 132 Å². The van der Waals surface area contributed by atoms with Gasteiger partial charge in [0.1, 0.15) is 5.82 Å². The fraction of sp³-hybridized carbons (Fsp3) is 0.200. The van der Waals surface area contributed by atoms with Gasteiger partial charge in [-0.3, -0.25) is 0 Å². The van der Waals surface area contributed by atoms with Gasteiger partial charge in [0.15, 0.2) is 0 Å². The lowest BCUT2D eigenvalue weighted by molar-refractivity contribution is 0.581. The molecule has 0 atom stereocenters. The molecule has 0 radical (unpaired) electrons. The van der Waals surface area contributed by atoms with Gasteiger partial charge in [0.05, 0.1) is 4.90 Å². The second-order valence-corrected chi connectivity index (χ2v) is 7.36. The van der Waals surface area contributed by atoms with Gasteiger partial charge in [-0.2, -0.15) is 0 Å². The molecular formula is C15H15BrFNO2S. The van der Waals surface area contributed by atoms with Gasteiger partial charge >= 0.3 is 0 Å². The fourth-order valence-electron chi connectivity index (χ4n) is 1.96. The Bertz CT molecular complexity index is 730. The lowest BCUT2D eigenvalue weighted by atomic mass is 10.1. The van der Waals surface area contributed by atoms with Crippen LogP contribution in [0.2, 0.25) is 0 Å². The maximum atomic E-state index is 13.0. The SMILES string of the molecule is Cc1cc(F)ccc1CCNS(=O)(=O)c1ccc(Br)cc1. The predicted molar refractivity (Wildman–Crippen MR) is 84.2 cm³/mol. The molecule has 0 heterocycles. The molecule has 2 rings (SSSR count). The molecule has 0 aliphatic heterocycles. The van der Waals surface area contributed by atoms with Gasteiger partial charge in [-0.25, -0.2) is 17.5 Å². The third-order valence-electron chi connectivity index (χ3n) is 3.11. The quantitative estimate of drug-likeness (QED) is 0.874. The predicted octanol–water partition coefficient (Wildman–Crippen LogP) is 3.42. The van der Waals surface area contributed by atoms with Crippen LogP contribution in [0, 0.1) is 12.7 Å². The topological polar surface area (TPSA) is 46.2 Å². The van der Waals surface area contributed by atoms with Crippen LogP contribution in [0.4, 0.5) is 4.39 Å². The van der Waals surface area contributed by atoms with Crippen LogP contribution in [0.5, 0.6) is 0 Å². The van der Waals surface area contributed by atoms with E-state index in [2.05, 4.69) is 20.7 Å². The van der Waals surface area contributed by atoms with E-state index in [0.29, 0.717) is 6.42 Å². The van der Waals surface area contributed by atoms with E-state index in [9.17, 15) is 12.8 Å². The lowest BCUT2D eigenvalue weighted by Crippen LogP contribution is -2.26. The number of sulfonamides is 1. The van der Waals surface area contributed by atoms with E-state index >= 15 is 0 Å². The molecule has 0 unspecified atom stereocenters. The summed E-state index contributed by atoms with van der Waals surface area (Å²) in [5.74, 6) is -0.285. The van der Waals surface area contributed by atoms with E-state index in [1.807, 2.05) is 6.92 Å². The zero-order valence-corrected chi connectivity index (χ0v) is 13.8. The van der Waals surface area contributed by atoms with Crippen LogP contribution in [-0.4, -0.2) is 15.0 Å². The van der Waals surface area contributed by atoms with Crippen LogP contribution in [-0.2, 0) is 16.4 Å². The summed E-state index contributed by atoms with van der Waals surface area (Å²) in [6, 6.07) is 10.9. The molecular weight excluding hydrogens is 357 g/mol. The molecule has 2 aromatic rings. The van der Waals surface area contributed by atoms with Gasteiger partial charge < -0.3 is 0 Å². The van der Waals surface area contributed by atoms with Crippen molar-refractivity contribution in [3.05, 3.63) is 63.9 Å². The standard InChI is InChI=1S/C15H15BrFNO2S/c1-11-10-14(17)5-2-12(11)8-9-18-21(19,20)15-6-3-13(16)4-7-15/h2-7,10,18H,8-9H2,1H3. The Morgan fingerprint density at radius 3 is 2.43 bits per heavy atom. The number of rotatable bonds is 5. The molecule has 0 aliphatic carbocycles. The molecule has 0 bridgehead atoms. The summed E-state index contributed by atoms with van der Waals surface area (Å²) >= 11 is 3.26. The average Bonchev–Trinajstić information content (AvgIpc) is 2.41. The first-order valence-corrected chi connectivity index (χ1v) is 8.66. The molecule has 6 heteroatoms. The number of nitrogens with one attached hydrogen (secondary N) is 1. The minimum atomic E-state index is -3.51. The summed E-state index contributed by atoms with van der Waals surface area (Å²) in [6.45, 7) is 2.08. The van der Waals surface area contributed by atoms with Crippen LogP contribution in [0.1, 0.15) is 11.1 Å². The Balaban J connectivity index is 2.00. The van der Waals surface area contributed by atoms with Gasteiger partial charge in [0, 0.05) is 11.0 Å². The maximum Gasteiger partial charge on any atom is 0.240 e. The van der Waals surface area contributed by atoms with Crippen molar-refractivity contribution in [1.29, 1.82) is 0 Å². The molecule has 0 saturated carbocycles. The fourth-order valence-corrected chi connectivity index (χ4v) is 3.25. The van der Waals surface area contributed by atoms with Gasteiger partial charge in [0.25, 0.3) is 0 Å². The van der Waals surface area contributed by atoms with Crippen LogP contribution >= 0.6 is 15.9 Å². The van der Waals surface area contributed by atoms with E-state index in [1.54, 1.807) is 18.2 Å². The van der Waals surface area contributed by atoms with Gasteiger partial charge in [-0.05, 0) is 60.9 Å². The Morgan fingerprint density at radius 1 is 1.14 bits per heavy atom. The molecule has 0 aromatic heterocycles. The number of hydrogen-bond acceptors (Lipinski definition) is 2. The van der Waals surface area contributed by atoms with Gasteiger partial charge in [0.2, 0.25) is 10.0 Å². The third kappa shape index (κ3) is 4.36. The first-order chi connectivity index (χ1) is 9.88. The second-order valence-electron chi connectivity index (χ2n) is 4.67. The molecule has 0 saturated heterocycles. The van der Waals surface area contributed by atoms with Crippen molar-refractivity contribution in [3.63, 3.8) is 0 Å². The van der Waals surface area contributed by atoms with Crippen molar-refractivity contribution in [1.82, 2.24) is 4.72 Å². The van der Waals surface area contributed by atoms with Crippen LogP contribution in [0.3, 0.4) is 0 Å². The monoisotopic (exact) mass is 371 g/mol. The zero-order valence-electron chi connectivity index (χ0n) is 11.4. The molecule has 21 heavy (non-hydrogen) atoms. The van der Waals surface area contributed by atoms with Crippen LogP contribution in [0.15, 0.2) is 51.8 Å². The van der Waals surface area contributed by atoms with E-state index in [-0.39, 0.29) is 17.3 Å². The van der Waals surface area contributed by atoms with E-state index in [1.165, 1.54) is 24.3 Å². The molecule has 1 N–H and O–H groups in total. The van der Waals surface area contributed by atoms with Crippen LogP contribution in [0.25, 0.3) is 0 Å². The van der Waals surface area contributed by atoms with Crippen molar-refractivity contribution in [2.24, 2.45) is 0 Å². The highest BCUT2D eigenvalue weighted by Crippen LogP contribution is 2.15. The second kappa shape index (κ2) is 6.68. The summed E-state index contributed by atoms with van der Waals surface area (Å²) in [5, 5.41) is 0. The van der Waals surface area contributed by atoms with Crippen molar-refractivity contribution < 1.29 is 12.8 Å². The van der Waals surface area contributed by atoms with E-state index in [4.69, 9.17) is 0 Å². The number of benzene rings is 2. The first kappa shape index (κ1) is 16.1. The van der Waals surface area contributed by atoms with Crippen LogP contribution < -0.4 is 4.72 Å². The van der Waals surface area contributed by atoms with Crippen molar-refractivity contribution in [2.75, 3.05) is 6.54 Å². The minimum absolute atomic E-state index is 0.224. The molecule has 0 spiro atoms. The molecule has 0 amide bonds. The number of halogens is 2. The molecule has 3 nitrogen and oxygen atoms in total. The Kier molecular flexibility index (Phi) is 5.13. The summed E-state index contributed by atoms with van der Waals surface area (Å²) in [7, 11) is -3.51. The highest BCUT2D eigenvalue weighted by molar-refractivity contribution is 9.10. The third-order valence-corrected chi connectivity index (χ3v) is 5.12. The normalized spacial score (nSPS) is 11.6. The summed E-state index contributed by atoms with van der Waals surface area (Å²) in [4.78, 5) is 0.224. The van der Waals surface area contributed by atoms with Gasteiger partial charge in [-0.1, -0.05) is 22.0 Å². The van der Waals surface area contributed by atoms with Crippen molar-refractivity contribution in [2.45, 2.75) is 18.2 Å². The Morgan fingerprint density at radius 2 is 1.81 bits per heavy atom. The first-order valence-electron chi connectivity index (χ1n) is 6.39. The van der Waals surface area contributed by atoms with E-state index < -0.39 is 10.0 Å². The Hall–Kier alpha value is -1.24. The average molecular weight is 372 g/mol. The summed E-state index contributed by atoms with van der Waals surface area (Å²) in [5.41, 5.74) is 1.74. The van der Waals surface area contributed by atoms with Gasteiger partial charge in [-0.15, -0.1) is 0 Å². The molecule has 112 valence electrons. The zero-order chi connectivity index (χ0) is 15.5. The number of hydrogen-bond donors (Lipinski definition) is 1. The largest absolute Gasteiger partial charge is 0.240 e. The summed E-state index contributed by atoms with van der Waals surface area (Å²) < 4.78 is 40.5. The highest BCUT2D eigenvalue weighted by Gasteiger charge is 2.13. The number of aryl methyl sites for hydroxylation is 1. The van der Waals surface area contributed by atoms with E-state index in [0.717, 1.165) is 15.6 Å². The molecule has 0 aliphatic rings. The molecule has 0 fully saturated rings. The summed E-state index contributed by atoms with van der Waals surface area (Å²) in [6.07, 6.45) is 0.516. The highest BCUT2D eigenvalue weighted by atomic mass is 79.9. The van der Waals surface area contributed by atoms with Crippen molar-refractivity contribution in [3.8, 4) is 0 Å². The maximum absolute atomic E-state index is 13.0. The lowest BCUT2D eigenvalue weighted by Gasteiger charge is -2.09. The smallest absolute Gasteiger partial charge is 0.211 e. The molecule has 2 aromatic carbocycles. The van der Waals surface area contributed by atoms with Crippen molar-refractivity contribution >= 4 is 26.0 Å².